The lowest BCUT2D eigenvalue weighted by Crippen LogP contribution is -2.31. The van der Waals surface area contributed by atoms with Gasteiger partial charge in [-0.3, -0.25) is 0 Å². The molecule has 3 aromatic rings. The SMILES string of the molecule is CCCSc1nc(NC2C[C@H]2c2ccc(F)c(F)c2)c2nnn(C3C[C@H](OCCO)[C@H]4OC(C)(C)O[C@@H]34)c2n1. The monoisotopic (exact) mass is 562 g/mol. The predicted octanol–water partition coefficient (Wildman–Crippen LogP) is 3.81. The quantitative estimate of drug-likeness (QED) is 0.279. The minimum atomic E-state index is -0.853. The molecule has 10 nitrogen and oxygen atoms in total. The van der Waals surface area contributed by atoms with Crippen LogP contribution in [0, 0.1) is 11.6 Å². The molecule has 3 heterocycles. The summed E-state index contributed by atoms with van der Waals surface area (Å²) in [6.45, 7) is 5.96. The fraction of sp³-hybridized carbons (Fsp3) is 0.615. The van der Waals surface area contributed by atoms with Crippen molar-refractivity contribution in [2.24, 2.45) is 0 Å². The van der Waals surface area contributed by atoms with Crippen LogP contribution in [-0.2, 0) is 14.2 Å². The molecule has 2 saturated carbocycles. The molecule has 0 spiro atoms. The van der Waals surface area contributed by atoms with Gasteiger partial charge in [0.05, 0.1) is 25.4 Å². The number of benzene rings is 1. The summed E-state index contributed by atoms with van der Waals surface area (Å²) >= 11 is 1.55. The van der Waals surface area contributed by atoms with Gasteiger partial charge in [-0.1, -0.05) is 30.0 Å². The van der Waals surface area contributed by atoms with Gasteiger partial charge in [0.1, 0.15) is 12.2 Å². The summed E-state index contributed by atoms with van der Waals surface area (Å²) in [7, 11) is 0. The molecular weight excluding hydrogens is 530 g/mol. The molecule has 3 fully saturated rings. The van der Waals surface area contributed by atoms with Gasteiger partial charge in [0.15, 0.2) is 39.6 Å². The molecule has 1 aliphatic heterocycles. The van der Waals surface area contributed by atoms with Gasteiger partial charge < -0.3 is 24.6 Å². The molecule has 2 aromatic heterocycles. The van der Waals surface area contributed by atoms with E-state index in [0.29, 0.717) is 28.6 Å². The van der Waals surface area contributed by atoms with E-state index in [9.17, 15) is 13.9 Å². The number of aliphatic hydroxyl groups excluding tert-OH is 1. The number of nitrogens with one attached hydrogen (secondary N) is 1. The number of anilines is 1. The van der Waals surface area contributed by atoms with Crippen LogP contribution in [0.2, 0.25) is 0 Å². The number of ether oxygens (including phenoxy) is 3. The highest BCUT2D eigenvalue weighted by Crippen LogP contribution is 2.46. The number of halogens is 2. The molecule has 1 aromatic carbocycles. The summed E-state index contributed by atoms with van der Waals surface area (Å²) in [6.07, 6.45) is 1.38. The molecule has 6 atom stereocenters. The van der Waals surface area contributed by atoms with E-state index in [1.54, 1.807) is 22.5 Å². The molecule has 2 N–H and O–H groups in total. The van der Waals surface area contributed by atoms with Gasteiger partial charge >= 0.3 is 0 Å². The summed E-state index contributed by atoms with van der Waals surface area (Å²) in [5, 5.41) is 22.3. The normalized spacial score (nSPS) is 29.2. The van der Waals surface area contributed by atoms with E-state index in [-0.39, 0.29) is 49.5 Å². The van der Waals surface area contributed by atoms with Crippen LogP contribution >= 0.6 is 11.8 Å². The van der Waals surface area contributed by atoms with E-state index in [2.05, 4.69) is 22.6 Å². The molecule has 2 aliphatic carbocycles. The second kappa shape index (κ2) is 10.5. The molecule has 0 amide bonds. The Bertz CT molecular complexity index is 1360. The first-order chi connectivity index (χ1) is 18.8. The van der Waals surface area contributed by atoms with Crippen LogP contribution in [0.25, 0.3) is 11.2 Å². The third-order valence-corrected chi connectivity index (χ3v) is 8.40. The largest absolute Gasteiger partial charge is 0.394 e. The summed E-state index contributed by atoms with van der Waals surface area (Å²) in [5.74, 6) is -1.03. The number of aromatic nitrogens is 5. The van der Waals surface area contributed by atoms with Crippen LogP contribution in [0.15, 0.2) is 23.4 Å². The second-order valence-electron chi connectivity index (χ2n) is 10.7. The standard InChI is InChI=1S/C26H32F2N6O4S/c1-4-9-39-25-30-23(29-17-11-14(17)13-5-6-15(27)16(28)10-13)20-24(31-25)34(33-32-20)18-12-19(36-8-7-35)22-21(18)37-26(2,3)38-22/h5-6,10,14,17-19,21-22,35H,4,7-9,11-12H2,1-3H3,(H,29,30,31)/t14-,17?,18?,19-,21-,22+/m0/s1. The average Bonchev–Trinajstić information content (AvgIpc) is 3.24. The number of nitrogens with zero attached hydrogens (tertiary/aromatic N) is 5. The molecule has 39 heavy (non-hydrogen) atoms. The Labute approximate surface area is 228 Å². The van der Waals surface area contributed by atoms with Crippen molar-refractivity contribution in [3.8, 4) is 0 Å². The maximum Gasteiger partial charge on any atom is 0.191 e. The van der Waals surface area contributed by atoms with Gasteiger partial charge in [0.2, 0.25) is 0 Å². The average molecular weight is 563 g/mol. The van der Waals surface area contributed by atoms with Crippen LogP contribution in [0.3, 0.4) is 0 Å². The summed E-state index contributed by atoms with van der Waals surface area (Å²) in [4.78, 5) is 9.57. The zero-order chi connectivity index (χ0) is 27.3. The van der Waals surface area contributed by atoms with Crippen molar-refractivity contribution < 1.29 is 28.1 Å². The first-order valence-electron chi connectivity index (χ1n) is 13.3. The Balaban J connectivity index is 1.31. The lowest BCUT2D eigenvalue weighted by molar-refractivity contribution is -0.171. The van der Waals surface area contributed by atoms with Crippen molar-refractivity contribution in [3.63, 3.8) is 0 Å². The van der Waals surface area contributed by atoms with E-state index in [1.165, 1.54) is 6.07 Å². The number of hydrogen-bond acceptors (Lipinski definition) is 10. The number of fused-ring (bicyclic) bond motifs is 2. The van der Waals surface area contributed by atoms with Crippen LogP contribution in [-0.4, -0.2) is 79.2 Å². The fourth-order valence-electron chi connectivity index (χ4n) is 5.55. The van der Waals surface area contributed by atoms with Gasteiger partial charge in [-0.05, 0) is 44.4 Å². The van der Waals surface area contributed by atoms with E-state index in [0.717, 1.165) is 30.2 Å². The number of hydrogen-bond donors (Lipinski definition) is 2. The van der Waals surface area contributed by atoms with Gasteiger partial charge in [0.25, 0.3) is 0 Å². The lowest BCUT2D eigenvalue weighted by atomic mass is 10.1. The number of rotatable bonds is 10. The zero-order valence-electron chi connectivity index (χ0n) is 22.0. The van der Waals surface area contributed by atoms with Gasteiger partial charge in [-0.2, -0.15) is 0 Å². The van der Waals surface area contributed by atoms with Crippen molar-refractivity contribution in [1.82, 2.24) is 25.0 Å². The molecule has 2 unspecified atom stereocenters. The summed E-state index contributed by atoms with van der Waals surface area (Å²) in [5.41, 5.74) is 1.85. The van der Waals surface area contributed by atoms with Crippen molar-refractivity contribution in [2.75, 3.05) is 24.3 Å². The minimum absolute atomic E-state index is 0.00150. The highest BCUT2D eigenvalue weighted by Gasteiger charge is 2.56. The molecule has 6 rings (SSSR count). The van der Waals surface area contributed by atoms with Crippen LogP contribution in [0.5, 0.6) is 0 Å². The highest BCUT2D eigenvalue weighted by molar-refractivity contribution is 7.99. The Hall–Kier alpha value is -2.45. The van der Waals surface area contributed by atoms with E-state index in [4.69, 9.17) is 24.2 Å². The summed E-state index contributed by atoms with van der Waals surface area (Å²) in [6, 6.07) is 3.80. The van der Waals surface area contributed by atoms with Crippen molar-refractivity contribution in [1.29, 1.82) is 0 Å². The molecule has 1 saturated heterocycles. The Morgan fingerprint density at radius 2 is 2.00 bits per heavy atom. The topological polar surface area (TPSA) is 116 Å². The van der Waals surface area contributed by atoms with Crippen LogP contribution in [0.1, 0.15) is 57.6 Å². The Morgan fingerprint density at radius 1 is 1.18 bits per heavy atom. The lowest BCUT2D eigenvalue weighted by Gasteiger charge is -2.23. The molecule has 210 valence electrons. The molecule has 3 aliphatic rings. The van der Waals surface area contributed by atoms with E-state index >= 15 is 0 Å². The molecule has 0 radical (unpaired) electrons. The van der Waals surface area contributed by atoms with Crippen molar-refractivity contribution >= 4 is 28.7 Å². The third kappa shape index (κ3) is 5.22. The van der Waals surface area contributed by atoms with Crippen LogP contribution < -0.4 is 5.32 Å². The number of aliphatic hydroxyl groups is 1. The van der Waals surface area contributed by atoms with Gasteiger partial charge in [0, 0.05) is 24.1 Å². The minimum Gasteiger partial charge on any atom is -0.394 e. The Morgan fingerprint density at radius 3 is 2.77 bits per heavy atom. The first-order valence-corrected chi connectivity index (χ1v) is 14.3. The maximum absolute atomic E-state index is 13.8. The zero-order valence-corrected chi connectivity index (χ0v) is 22.8. The molecule has 0 bridgehead atoms. The van der Waals surface area contributed by atoms with Crippen molar-refractivity contribution in [2.45, 2.75) is 87.3 Å². The van der Waals surface area contributed by atoms with E-state index in [1.807, 2.05) is 13.8 Å². The first kappa shape index (κ1) is 26.8. The molecule has 13 heteroatoms. The third-order valence-electron chi connectivity index (χ3n) is 7.34. The van der Waals surface area contributed by atoms with Crippen molar-refractivity contribution in [3.05, 3.63) is 35.4 Å². The smallest absolute Gasteiger partial charge is 0.191 e. The number of thioether (sulfide) groups is 1. The highest BCUT2D eigenvalue weighted by atomic mass is 32.2. The molecular formula is C26H32F2N6O4S. The summed E-state index contributed by atoms with van der Waals surface area (Å²) < 4.78 is 47.4. The Kier molecular flexibility index (Phi) is 7.21. The predicted molar refractivity (Wildman–Crippen MR) is 140 cm³/mol. The maximum atomic E-state index is 13.8. The van der Waals surface area contributed by atoms with Gasteiger partial charge in [-0.15, -0.1) is 5.10 Å². The fourth-order valence-corrected chi connectivity index (χ4v) is 6.24. The second-order valence-corrected chi connectivity index (χ2v) is 11.7. The van der Waals surface area contributed by atoms with Gasteiger partial charge in [-0.25, -0.2) is 23.4 Å². The van der Waals surface area contributed by atoms with E-state index < -0.39 is 17.4 Å². The van der Waals surface area contributed by atoms with Crippen LogP contribution in [0.4, 0.5) is 14.6 Å².